The van der Waals surface area contributed by atoms with Crippen molar-refractivity contribution in [2.75, 3.05) is 19.9 Å². The number of hydrogen-bond acceptors (Lipinski definition) is 11. The summed E-state index contributed by atoms with van der Waals surface area (Å²) in [7, 11) is 0. The van der Waals surface area contributed by atoms with Crippen molar-refractivity contribution in [2.24, 2.45) is 16.7 Å². The van der Waals surface area contributed by atoms with Gasteiger partial charge in [-0.2, -0.15) is 5.12 Å². The number of imidazole rings is 1. The predicted octanol–water partition coefficient (Wildman–Crippen LogP) is 4.37. The third-order valence-corrected chi connectivity index (χ3v) is 6.87. The highest BCUT2D eigenvalue weighted by Gasteiger charge is 2.16. The van der Waals surface area contributed by atoms with Crippen molar-refractivity contribution in [2.45, 2.75) is 58.6 Å². The lowest BCUT2D eigenvalue weighted by Crippen LogP contribution is -2.33. The largest absolute Gasteiger partial charge is 0.510 e. The molecule has 2 aromatic carbocycles. The van der Waals surface area contributed by atoms with Gasteiger partial charge in [0, 0.05) is 18.5 Å². The second kappa shape index (κ2) is 17.7. The van der Waals surface area contributed by atoms with E-state index in [9.17, 15) is 20.0 Å². The van der Waals surface area contributed by atoms with Crippen LogP contribution in [0, 0.1) is 10.1 Å². The summed E-state index contributed by atoms with van der Waals surface area (Å²) in [6, 6.07) is 15.4. The van der Waals surface area contributed by atoms with Crippen molar-refractivity contribution >= 4 is 23.6 Å². The van der Waals surface area contributed by atoms with Gasteiger partial charge in [0.25, 0.3) is 5.09 Å². The highest BCUT2D eigenvalue weighted by Crippen LogP contribution is 2.26. The van der Waals surface area contributed by atoms with Crippen LogP contribution in [-0.2, 0) is 33.9 Å². The number of nitrogens with two attached hydrogens (primary N) is 2. The molecule has 0 saturated carbocycles. The SMILES string of the molecule is CCCCc1nc(Cl)c(CO)n1Cc1ccc(-c2ccccc2/C(N)=N/N(N)COC(=O)OCCCCCO[N+](=O)[O-])cc1. The van der Waals surface area contributed by atoms with Gasteiger partial charge >= 0.3 is 6.16 Å². The van der Waals surface area contributed by atoms with Gasteiger partial charge < -0.3 is 29.7 Å². The fourth-order valence-electron chi connectivity index (χ4n) is 4.36. The summed E-state index contributed by atoms with van der Waals surface area (Å²) in [4.78, 5) is 30.6. The molecule has 1 aromatic heterocycles. The van der Waals surface area contributed by atoms with Crippen molar-refractivity contribution < 1.29 is 29.3 Å². The first-order valence-corrected chi connectivity index (χ1v) is 14.6. The second-order valence-corrected chi connectivity index (χ2v) is 10.1. The van der Waals surface area contributed by atoms with E-state index < -0.39 is 18.0 Å². The Bertz CT molecular complexity index is 1400. The summed E-state index contributed by atoms with van der Waals surface area (Å²) in [6.07, 6.45) is 3.37. The number of nitrogens with zero attached hydrogens (tertiary/aromatic N) is 5. The van der Waals surface area contributed by atoms with Gasteiger partial charge in [0.15, 0.2) is 17.7 Å². The van der Waals surface area contributed by atoms with E-state index in [0.717, 1.165) is 46.9 Å². The topological polar surface area (TPSA) is 194 Å². The number of aryl methyl sites for hydroxylation is 1. The lowest BCUT2D eigenvalue weighted by Gasteiger charge is -2.15. The number of aliphatic hydroxyl groups is 1. The number of rotatable bonds is 18. The van der Waals surface area contributed by atoms with Gasteiger partial charge in [-0.1, -0.05) is 73.5 Å². The summed E-state index contributed by atoms with van der Waals surface area (Å²) < 4.78 is 11.9. The second-order valence-electron chi connectivity index (χ2n) is 9.77. The third-order valence-electron chi connectivity index (χ3n) is 6.57. The van der Waals surface area contributed by atoms with Crippen LogP contribution in [0.5, 0.6) is 0 Å². The van der Waals surface area contributed by atoms with Crippen LogP contribution in [0.25, 0.3) is 11.1 Å². The normalized spacial score (nSPS) is 11.3. The van der Waals surface area contributed by atoms with Crippen molar-refractivity contribution in [1.82, 2.24) is 14.7 Å². The molecule has 0 aliphatic heterocycles. The molecule has 0 amide bonds. The Morgan fingerprint density at radius 3 is 2.55 bits per heavy atom. The number of aliphatic hydroxyl groups excluding tert-OH is 1. The molecule has 5 N–H and O–H groups in total. The quantitative estimate of drug-likeness (QED) is 0.0264. The highest BCUT2D eigenvalue weighted by molar-refractivity contribution is 6.30. The fourth-order valence-corrected chi connectivity index (χ4v) is 4.62. The van der Waals surface area contributed by atoms with E-state index in [1.54, 1.807) is 0 Å². The maximum atomic E-state index is 11.8. The number of benzene rings is 2. The molecule has 0 spiro atoms. The molecular weight excluding hydrogens is 594 g/mol. The Morgan fingerprint density at radius 2 is 1.84 bits per heavy atom. The molecule has 3 aromatic rings. The van der Waals surface area contributed by atoms with E-state index >= 15 is 0 Å². The molecule has 238 valence electrons. The van der Waals surface area contributed by atoms with Crippen molar-refractivity contribution in [1.29, 1.82) is 0 Å². The van der Waals surface area contributed by atoms with Crippen LogP contribution in [0.4, 0.5) is 4.79 Å². The molecule has 0 aliphatic carbocycles. The molecule has 3 rings (SSSR count). The Hall–Kier alpha value is -4.40. The molecule has 1 heterocycles. The highest BCUT2D eigenvalue weighted by atomic mass is 35.5. The van der Waals surface area contributed by atoms with E-state index in [0.29, 0.717) is 42.2 Å². The van der Waals surface area contributed by atoms with Crippen molar-refractivity contribution in [3.8, 4) is 11.1 Å². The van der Waals surface area contributed by atoms with Gasteiger partial charge in [0.05, 0.1) is 25.5 Å². The monoisotopic (exact) mass is 631 g/mol. The zero-order valence-corrected chi connectivity index (χ0v) is 25.3. The van der Waals surface area contributed by atoms with Crippen LogP contribution in [0.2, 0.25) is 5.15 Å². The lowest BCUT2D eigenvalue weighted by molar-refractivity contribution is -0.757. The average molecular weight is 632 g/mol. The minimum absolute atomic E-state index is 0.0123. The summed E-state index contributed by atoms with van der Waals surface area (Å²) >= 11 is 6.29. The van der Waals surface area contributed by atoms with E-state index in [4.69, 9.17) is 32.7 Å². The van der Waals surface area contributed by atoms with Crippen LogP contribution < -0.4 is 11.6 Å². The number of carbonyl (C=O) groups is 1. The molecule has 0 bridgehead atoms. The molecule has 15 heteroatoms. The Kier molecular flexibility index (Phi) is 13.7. The number of halogens is 1. The Labute approximate surface area is 260 Å². The van der Waals surface area contributed by atoms with E-state index in [1.807, 2.05) is 53.1 Å². The molecule has 0 saturated heterocycles. The number of aromatic nitrogens is 2. The molecule has 0 fully saturated rings. The molecular formula is C29H38ClN7O7. The smallest absolute Gasteiger partial charge is 0.434 e. The summed E-state index contributed by atoms with van der Waals surface area (Å²) in [5, 5.41) is 24.5. The minimum atomic E-state index is -0.933. The van der Waals surface area contributed by atoms with Gasteiger partial charge in [0.1, 0.15) is 5.82 Å². The maximum absolute atomic E-state index is 11.8. The average Bonchev–Trinajstić information content (AvgIpc) is 3.31. The van der Waals surface area contributed by atoms with Crippen molar-refractivity contribution in [3.05, 3.63) is 86.4 Å². The van der Waals surface area contributed by atoms with Crippen molar-refractivity contribution in [3.63, 3.8) is 0 Å². The molecule has 0 atom stereocenters. The van der Waals surface area contributed by atoms with Crippen LogP contribution in [-0.4, -0.2) is 56.8 Å². The Morgan fingerprint density at radius 1 is 1.11 bits per heavy atom. The number of carbonyl (C=O) groups excluding carboxylic acids is 1. The summed E-state index contributed by atoms with van der Waals surface area (Å²) in [5.41, 5.74) is 10.2. The van der Waals surface area contributed by atoms with Gasteiger partial charge in [-0.15, -0.1) is 15.2 Å². The third kappa shape index (κ3) is 10.4. The molecule has 44 heavy (non-hydrogen) atoms. The molecule has 0 unspecified atom stereocenters. The number of hydrogen-bond donors (Lipinski definition) is 3. The minimum Gasteiger partial charge on any atom is -0.434 e. The number of hydrazine groups is 1. The van der Waals surface area contributed by atoms with Gasteiger partial charge in [-0.25, -0.2) is 15.6 Å². The first-order chi connectivity index (χ1) is 21.2. The summed E-state index contributed by atoms with van der Waals surface area (Å²) in [5.74, 6) is 6.83. The molecule has 14 nitrogen and oxygen atoms in total. The van der Waals surface area contributed by atoms with Crippen LogP contribution in [0.3, 0.4) is 0 Å². The lowest BCUT2D eigenvalue weighted by atomic mass is 9.98. The number of ether oxygens (including phenoxy) is 2. The van der Waals surface area contributed by atoms with Gasteiger partial charge in [-0.3, -0.25) is 0 Å². The number of amidine groups is 1. The van der Waals surface area contributed by atoms with E-state index in [1.165, 1.54) is 0 Å². The maximum Gasteiger partial charge on any atom is 0.510 e. The first kappa shape index (κ1) is 34.1. The first-order valence-electron chi connectivity index (χ1n) is 14.2. The van der Waals surface area contributed by atoms with Gasteiger partial charge in [0.2, 0.25) is 0 Å². The standard InChI is InChI=1S/C29H38ClN7O7/c1-2-3-11-26-33-27(30)25(19-38)35(26)18-21-12-14-22(15-13-21)23-9-5-6-10-24(23)28(31)34-36(32)20-43-29(39)42-16-7-4-8-17-44-37(40)41/h5-6,9-10,12-15,38H,2-4,7-8,11,16-20,32H2,1H3,(H2,31,34). The Balaban J connectivity index is 1.59. The van der Waals surface area contributed by atoms with Crippen LogP contribution in [0.1, 0.15) is 61.7 Å². The van der Waals surface area contributed by atoms with E-state index in [2.05, 4.69) is 21.8 Å². The summed E-state index contributed by atoms with van der Waals surface area (Å²) in [6.45, 7) is 2.10. The zero-order valence-electron chi connectivity index (χ0n) is 24.6. The predicted molar refractivity (Wildman–Crippen MR) is 164 cm³/mol. The zero-order chi connectivity index (χ0) is 31.9. The van der Waals surface area contributed by atoms with Crippen LogP contribution >= 0.6 is 11.6 Å². The number of hydrazone groups is 1. The fraction of sp³-hybridized carbons (Fsp3) is 0.414. The van der Waals surface area contributed by atoms with E-state index in [-0.39, 0.29) is 25.7 Å². The molecule has 0 aliphatic rings. The van der Waals surface area contributed by atoms with Crippen LogP contribution in [0.15, 0.2) is 53.6 Å². The van der Waals surface area contributed by atoms with Gasteiger partial charge in [-0.05, 0) is 42.4 Å². The number of unbranched alkanes of at least 4 members (excludes halogenated alkanes) is 3. The molecule has 0 radical (unpaired) electrons.